The lowest BCUT2D eigenvalue weighted by molar-refractivity contribution is -0.138. The number of rotatable bonds is 3. The summed E-state index contributed by atoms with van der Waals surface area (Å²) < 4.78 is 7.10. The summed E-state index contributed by atoms with van der Waals surface area (Å²) in [6, 6.07) is 6.77. The molecule has 98 valence electrons. The van der Waals surface area contributed by atoms with Gasteiger partial charge >= 0.3 is 5.97 Å². The standard InChI is InChI=1S/C14H13NO4/c1-8-2-5-12(19-8)13(16)11-4-3-10-9(14(17)18)6-7-15(10)11/h2-5,9H,6-7H2,1H3,(H,17,18). The molecule has 0 spiro atoms. The Morgan fingerprint density at radius 1 is 1.32 bits per heavy atom. The average molecular weight is 259 g/mol. The van der Waals surface area contributed by atoms with E-state index in [0.717, 1.165) is 0 Å². The molecular formula is C14H13NO4. The fraction of sp³-hybridized carbons (Fsp3) is 0.286. The average Bonchev–Trinajstić information content (AvgIpc) is 3.01. The summed E-state index contributed by atoms with van der Waals surface area (Å²) in [5.41, 5.74) is 1.19. The first-order chi connectivity index (χ1) is 9.08. The molecule has 1 N–H and O–H groups in total. The molecule has 1 atom stereocenters. The van der Waals surface area contributed by atoms with Crippen LogP contribution in [-0.2, 0) is 11.3 Å². The minimum atomic E-state index is -0.843. The largest absolute Gasteiger partial charge is 0.481 e. The third-order valence-corrected chi connectivity index (χ3v) is 3.51. The molecule has 0 bridgehead atoms. The van der Waals surface area contributed by atoms with E-state index in [-0.39, 0.29) is 11.5 Å². The molecular weight excluding hydrogens is 246 g/mol. The first-order valence-electron chi connectivity index (χ1n) is 6.11. The summed E-state index contributed by atoms with van der Waals surface area (Å²) in [5.74, 6) is -0.591. The van der Waals surface area contributed by atoms with Crippen LogP contribution >= 0.6 is 0 Å². The van der Waals surface area contributed by atoms with Gasteiger partial charge in [-0.2, -0.15) is 0 Å². The van der Waals surface area contributed by atoms with Gasteiger partial charge in [-0.05, 0) is 37.6 Å². The van der Waals surface area contributed by atoms with E-state index in [4.69, 9.17) is 9.52 Å². The van der Waals surface area contributed by atoms with Gasteiger partial charge in [0.05, 0.1) is 11.6 Å². The maximum atomic E-state index is 12.3. The number of carbonyl (C=O) groups excluding carboxylic acids is 1. The highest BCUT2D eigenvalue weighted by Crippen LogP contribution is 2.31. The number of aliphatic carboxylic acids is 1. The van der Waals surface area contributed by atoms with Crippen molar-refractivity contribution in [1.29, 1.82) is 0 Å². The lowest BCUT2D eigenvalue weighted by Gasteiger charge is -2.03. The number of nitrogens with zero attached hydrogens (tertiary/aromatic N) is 1. The Morgan fingerprint density at radius 3 is 2.74 bits per heavy atom. The topological polar surface area (TPSA) is 72.4 Å². The molecule has 0 saturated carbocycles. The van der Waals surface area contributed by atoms with Crippen LogP contribution in [0.3, 0.4) is 0 Å². The zero-order chi connectivity index (χ0) is 13.6. The molecule has 1 aliphatic heterocycles. The molecule has 1 aliphatic rings. The highest BCUT2D eigenvalue weighted by atomic mass is 16.4. The van der Waals surface area contributed by atoms with Crippen LogP contribution in [0.15, 0.2) is 28.7 Å². The van der Waals surface area contributed by atoms with Crippen molar-refractivity contribution in [1.82, 2.24) is 4.57 Å². The van der Waals surface area contributed by atoms with E-state index >= 15 is 0 Å². The van der Waals surface area contributed by atoms with Crippen LogP contribution in [0.2, 0.25) is 0 Å². The third-order valence-electron chi connectivity index (χ3n) is 3.51. The molecule has 5 heteroatoms. The maximum absolute atomic E-state index is 12.3. The van der Waals surface area contributed by atoms with Crippen LogP contribution in [0.5, 0.6) is 0 Å². The predicted molar refractivity (Wildman–Crippen MR) is 66.3 cm³/mol. The SMILES string of the molecule is Cc1ccc(C(=O)c2ccc3n2CCC3C(=O)O)o1. The number of carboxylic acid groups (broad SMARTS) is 1. The molecule has 5 nitrogen and oxygen atoms in total. The smallest absolute Gasteiger partial charge is 0.312 e. The molecule has 0 fully saturated rings. The van der Waals surface area contributed by atoms with Gasteiger partial charge in [0, 0.05) is 12.2 Å². The van der Waals surface area contributed by atoms with Crippen LogP contribution in [0.1, 0.15) is 40.0 Å². The van der Waals surface area contributed by atoms with Gasteiger partial charge in [-0.3, -0.25) is 9.59 Å². The summed E-state index contributed by atoms with van der Waals surface area (Å²) in [5, 5.41) is 9.11. The Balaban J connectivity index is 1.98. The summed E-state index contributed by atoms with van der Waals surface area (Å²) >= 11 is 0. The molecule has 1 unspecified atom stereocenters. The number of aromatic nitrogens is 1. The van der Waals surface area contributed by atoms with E-state index in [0.29, 0.717) is 30.1 Å². The number of aryl methyl sites for hydroxylation is 1. The van der Waals surface area contributed by atoms with Gasteiger partial charge in [0.1, 0.15) is 5.76 Å². The Morgan fingerprint density at radius 2 is 2.11 bits per heavy atom. The van der Waals surface area contributed by atoms with E-state index in [1.807, 2.05) is 0 Å². The zero-order valence-electron chi connectivity index (χ0n) is 10.4. The van der Waals surface area contributed by atoms with Crippen LogP contribution in [0.25, 0.3) is 0 Å². The monoisotopic (exact) mass is 259 g/mol. The van der Waals surface area contributed by atoms with Crippen molar-refractivity contribution in [3.05, 3.63) is 47.2 Å². The van der Waals surface area contributed by atoms with Crippen molar-refractivity contribution in [2.75, 3.05) is 0 Å². The highest BCUT2D eigenvalue weighted by molar-refractivity contribution is 6.06. The van der Waals surface area contributed by atoms with E-state index in [1.165, 1.54) is 0 Å². The molecule has 0 amide bonds. The van der Waals surface area contributed by atoms with Crippen molar-refractivity contribution in [2.24, 2.45) is 0 Å². The Hall–Kier alpha value is -2.30. The Kier molecular flexibility index (Phi) is 2.55. The molecule has 0 radical (unpaired) electrons. The summed E-state index contributed by atoms with van der Waals surface area (Å²) in [4.78, 5) is 23.4. The number of carboxylic acids is 1. The lowest BCUT2D eigenvalue weighted by atomic mass is 10.1. The summed E-state index contributed by atoms with van der Waals surface area (Å²) in [6.07, 6.45) is 0.531. The first-order valence-corrected chi connectivity index (χ1v) is 6.11. The van der Waals surface area contributed by atoms with Crippen molar-refractivity contribution in [3.8, 4) is 0 Å². The molecule has 2 aromatic rings. The van der Waals surface area contributed by atoms with Crippen LogP contribution in [-0.4, -0.2) is 21.4 Å². The van der Waals surface area contributed by atoms with Crippen LogP contribution in [0, 0.1) is 6.92 Å². The van der Waals surface area contributed by atoms with Gasteiger partial charge in [0.25, 0.3) is 0 Å². The quantitative estimate of drug-likeness (QED) is 0.857. The van der Waals surface area contributed by atoms with Gasteiger partial charge in [-0.1, -0.05) is 0 Å². The van der Waals surface area contributed by atoms with Crippen molar-refractivity contribution >= 4 is 11.8 Å². The summed E-state index contributed by atoms with van der Waals surface area (Å²) in [6.45, 7) is 2.33. The number of fused-ring (bicyclic) bond motifs is 1. The van der Waals surface area contributed by atoms with Gasteiger partial charge in [-0.15, -0.1) is 0 Å². The molecule has 0 aromatic carbocycles. The number of hydrogen-bond donors (Lipinski definition) is 1. The summed E-state index contributed by atoms with van der Waals surface area (Å²) in [7, 11) is 0. The normalized spacial score (nSPS) is 17.4. The fourth-order valence-corrected chi connectivity index (χ4v) is 2.57. The molecule has 0 saturated heterocycles. The lowest BCUT2D eigenvalue weighted by Crippen LogP contribution is -2.09. The maximum Gasteiger partial charge on any atom is 0.312 e. The van der Waals surface area contributed by atoms with Crippen LogP contribution < -0.4 is 0 Å². The minimum Gasteiger partial charge on any atom is -0.481 e. The van der Waals surface area contributed by atoms with E-state index in [1.54, 1.807) is 35.8 Å². The van der Waals surface area contributed by atoms with Crippen molar-refractivity contribution < 1.29 is 19.1 Å². The van der Waals surface area contributed by atoms with Crippen molar-refractivity contribution in [3.63, 3.8) is 0 Å². The zero-order valence-corrected chi connectivity index (χ0v) is 10.4. The molecule has 0 aliphatic carbocycles. The highest BCUT2D eigenvalue weighted by Gasteiger charge is 2.32. The predicted octanol–water partition coefficient (Wildman–Crippen LogP) is 2.19. The van der Waals surface area contributed by atoms with Crippen molar-refractivity contribution in [2.45, 2.75) is 25.8 Å². The Labute approximate surface area is 109 Å². The number of carbonyl (C=O) groups is 2. The van der Waals surface area contributed by atoms with Crippen LogP contribution in [0.4, 0.5) is 0 Å². The number of hydrogen-bond acceptors (Lipinski definition) is 3. The Bertz CT molecular complexity index is 665. The minimum absolute atomic E-state index is 0.203. The first kappa shape index (κ1) is 11.8. The van der Waals surface area contributed by atoms with E-state index < -0.39 is 11.9 Å². The fourth-order valence-electron chi connectivity index (χ4n) is 2.57. The number of furan rings is 1. The molecule has 3 rings (SSSR count). The number of ketones is 1. The van der Waals surface area contributed by atoms with Gasteiger partial charge < -0.3 is 14.1 Å². The van der Waals surface area contributed by atoms with Gasteiger partial charge in [-0.25, -0.2) is 0 Å². The van der Waals surface area contributed by atoms with Gasteiger partial charge in [0.2, 0.25) is 5.78 Å². The second-order valence-electron chi connectivity index (χ2n) is 4.71. The second-order valence-corrected chi connectivity index (χ2v) is 4.71. The van der Waals surface area contributed by atoms with Gasteiger partial charge in [0.15, 0.2) is 5.76 Å². The molecule has 3 heterocycles. The molecule has 2 aromatic heterocycles. The second kappa shape index (κ2) is 4.12. The van der Waals surface area contributed by atoms with E-state index in [9.17, 15) is 9.59 Å². The van der Waals surface area contributed by atoms with E-state index in [2.05, 4.69) is 0 Å². The third kappa shape index (κ3) is 1.78. The molecule has 19 heavy (non-hydrogen) atoms.